The molecule has 1 aliphatic heterocycles. The number of amides is 2. The van der Waals surface area contributed by atoms with Gasteiger partial charge in [-0.25, -0.2) is 4.39 Å². The van der Waals surface area contributed by atoms with E-state index in [1.54, 1.807) is 30.3 Å². The van der Waals surface area contributed by atoms with E-state index in [1.807, 2.05) is 6.07 Å². The Kier molecular flexibility index (Phi) is 6.73. The summed E-state index contributed by atoms with van der Waals surface area (Å²) in [5.74, 6) is -1.02. The number of halogens is 1. The maximum absolute atomic E-state index is 13.5. The van der Waals surface area contributed by atoms with E-state index in [0.29, 0.717) is 5.56 Å². The minimum Gasteiger partial charge on any atom is -0.349 e. The molecule has 3 rings (SSSR count). The molecule has 1 fully saturated rings. The fourth-order valence-electron chi connectivity index (χ4n) is 3.15. The smallest absolute Gasteiger partial charge is 0.252 e. The van der Waals surface area contributed by atoms with Gasteiger partial charge in [-0.3, -0.25) is 14.5 Å². The van der Waals surface area contributed by atoms with Gasteiger partial charge in [-0.05, 0) is 37.4 Å². The van der Waals surface area contributed by atoms with Crippen molar-refractivity contribution in [2.24, 2.45) is 0 Å². The van der Waals surface area contributed by atoms with Crippen LogP contribution in [0.4, 0.5) is 4.39 Å². The Balaban J connectivity index is 1.68. The first-order valence-corrected chi connectivity index (χ1v) is 9.35. The van der Waals surface area contributed by atoms with Gasteiger partial charge in [0.05, 0.1) is 12.7 Å². The van der Waals surface area contributed by atoms with Crippen LogP contribution < -0.4 is 10.6 Å². The molecule has 2 aromatic rings. The van der Waals surface area contributed by atoms with E-state index >= 15 is 0 Å². The van der Waals surface area contributed by atoms with Crippen LogP contribution in [0.3, 0.4) is 0 Å². The third kappa shape index (κ3) is 5.37. The van der Waals surface area contributed by atoms with Crippen LogP contribution in [-0.4, -0.2) is 67.6 Å². The third-order valence-corrected chi connectivity index (χ3v) is 4.86. The number of carbonyl (C=O) groups excluding carboxylic acids is 2. The Hall–Kier alpha value is -2.77. The molecule has 0 spiro atoms. The SMILES string of the molecule is CN1CCN(C(CNC(=O)c2ccccc2)NC(=O)c2cccc(F)c2)CC1. The monoisotopic (exact) mass is 384 g/mol. The molecule has 7 heteroatoms. The molecule has 2 aromatic carbocycles. The van der Waals surface area contributed by atoms with Gasteiger partial charge >= 0.3 is 0 Å². The van der Waals surface area contributed by atoms with Gasteiger partial charge < -0.3 is 15.5 Å². The van der Waals surface area contributed by atoms with Gasteiger partial charge in [-0.1, -0.05) is 24.3 Å². The Bertz CT molecular complexity index is 807. The summed E-state index contributed by atoms with van der Waals surface area (Å²) in [5.41, 5.74) is 0.824. The predicted octanol–water partition coefficient (Wildman–Crippen LogP) is 1.56. The molecule has 1 heterocycles. The third-order valence-electron chi connectivity index (χ3n) is 4.86. The minimum absolute atomic E-state index is 0.195. The van der Waals surface area contributed by atoms with Crippen molar-refractivity contribution in [3.8, 4) is 0 Å². The zero-order valence-electron chi connectivity index (χ0n) is 15.9. The zero-order valence-corrected chi connectivity index (χ0v) is 15.9. The number of benzene rings is 2. The van der Waals surface area contributed by atoms with Crippen LogP contribution in [0.5, 0.6) is 0 Å². The standard InChI is InChI=1S/C21H25FN4O2/c1-25-10-12-26(13-11-25)19(15-23-20(27)16-6-3-2-4-7-16)24-21(28)17-8-5-9-18(22)14-17/h2-9,14,19H,10-13,15H2,1H3,(H,23,27)(H,24,28). The first kappa shape index (κ1) is 20.0. The highest BCUT2D eigenvalue weighted by atomic mass is 19.1. The fraction of sp³-hybridized carbons (Fsp3) is 0.333. The summed E-state index contributed by atoms with van der Waals surface area (Å²) in [4.78, 5) is 29.3. The number of likely N-dealkylation sites (N-methyl/N-ethyl adjacent to an activating group) is 1. The molecule has 0 bridgehead atoms. The molecular weight excluding hydrogens is 359 g/mol. The summed E-state index contributed by atoms with van der Waals surface area (Å²) in [7, 11) is 2.05. The van der Waals surface area contributed by atoms with Crippen LogP contribution in [0, 0.1) is 5.82 Å². The molecule has 0 radical (unpaired) electrons. The Labute approximate surface area is 164 Å². The van der Waals surface area contributed by atoms with Crippen LogP contribution in [0.25, 0.3) is 0 Å². The molecule has 0 saturated carbocycles. The van der Waals surface area contributed by atoms with E-state index in [1.165, 1.54) is 18.2 Å². The summed E-state index contributed by atoms with van der Waals surface area (Å²) in [5, 5.41) is 5.83. The van der Waals surface area contributed by atoms with Gasteiger partial charge in [-0.2, -0.15) is 0 Å². The summed E-state index contributed by atoms with van der Waals surface area (Å²) in [6.07, 6.45) is -0.378. The quantitative estimate of drug-likeness (QED) is 0.793. The van der Waals surface area contributed by atoms with Crippen LogP contribution in [-0.2, 0) is 0 Å². The molecule has 2 N–H and O–H groups in total. The Morgan fingerprint density at radius 1 is 0.964 bits per heavy atom. The molecule has 148 valence electrons. The van der Waals surface area contributed by atoms with Gasteiger partial charge in [0.2, 0.25) is 0 Å². The highest BCUT2D eigenvalue weighted by Gasteiger charge is 2.25. The van der Waals surface area contributed by atoms with Crippen molar-refractivity contribution in [1.82, 2.24) is 20.4 Å². The first-order chi connectivity index (χ1) is 13.5. The second-order valence-corrected chi connectivity index (χ2v) is 6.91. The maximum Gasteiger partial charge on any atom is 0.252 e. The van der Waals surface area contributed by atoms with Crippen molar-refractivity contribution in [1.29, 1.82) is 0 Å². The normalized spacial score (nSPS) is 16.4. The summed E-state index contributed by atoms with van der Waals surface area (Å²) >= 11 is 0. The maximum atomic E-state index is 13.5. The van der Waals surface area contributed by atoms with Crippen LogP contribution in [0.15, 0.2) is 54.6 Å². The average molecular weight is 384 g/mol. The molecule has 0 aromatic heterocycles. The second-order valence-electron chi connectivity index (χ2n) is 6.91. The summed E-state index contributed by atoms with van der Waals surface area (Å²) in [6, 6.07) is 14.5. The molecule has 0 aliphatic carbocycles. The van der Waals surface area contributed by atoms with Crippen LogP contribution >= 0.6 is 0 Å². The Morgan fingerprint density at radius 2 is 1.64 bits per heavy atom. The fourth-order valence-corrected chi connectivity index (χ4v) is 3.15. The van der Waals surface area contributed by atoms with Crippen LogP contribution in [0.2, 0.25) is 0 Å². The van der Waals surface area contributed by atoms with Crippen LogP contribution in [0.1, 0.15) is 20.7 Å². The van der Waals surface area contributed by atoms with Crippen molar-refractivity contribution in [2.75, 3.05) is 39.8 Å². The first-order valence-electron chi connectivity index (χ1n) is 9.35. The number of nitrogens with one attached hydrogen (secondary N) is 2. The topological polar surface area (TPSA) is 64.7 Å². The summed E-state index contributed by atoms with van der Waals surface area (Å²) in [6.45, 7) is 3.55. The summed E-state index contributed by atoms with van der Waals surface area (Å²) < 4.78 is 13.5. The van der Waals surface area contributed by atoms with E-state index < -0.39 is 5.82 Å². The lowest BCUT2D eigenvalue weighted by molar-refractivity contribution is 0.0692. The van der Waals surface area contributed by atoms with Gasteiger partial charge in [0.15, 0.2) is 0 Å². The van der Waals surface area contributed by atoms with E-state index in [0.717, 1.165) is 26.2 Å². The minimum atomic E-state index is -0.457. The zero-order chi connectivity index (χ0) is 19.9. The van der Waals surface area contributed by atoms with Gasteiger partial charge in [-0.15, -0.1) is 0 Å². The highest BCUT2D eigenvalue weighted by Crippen LogP contribution is 2.07. The van der Waals surface area contributed by atoms with Crippen molar-refractivity contribution in [2.45, 2.75) is 6.17 Å². The van der Waals surface area contributed by atoms with Gasteiger partial charge in [0, 0.05) is 37.3 Å². The number of hydrogen-bond donors (Lipinski definition) is 2. The van der Waals surface area contributed by atoms with Gasteiger partial charge in [0.1, 0.15) is 5.82 Å². The van der Waals surface area contributed by atoms with Crippen molar-refractivity contribution in [3.63, 3.8) is 0 Å². The second kappa shape index (κ2) is 9.43. The molecule has 1 unspecified atom stereocenters. The largest absolute Gasteiger partial charge is 0.349 e. The number of piperazine rings is 1. The number of nitrogens with zero attached hydrogens (tertiary/aromatic N) is 2. The average Bonchev–Trinajstić information content (AvgIpc) is 2.72. The van der Waals surface area contributed by atoms with E-state index in [4.69, 9.17) is 0 Å². The van der Waals surface area contributed by atoms with E-state index in [-0.39, 0.29) is 30.1 Å². The molecule has 2 amide bonds. The van der Waals surface area contributed by atoms with E-state index in [9.17, 15) is 14.0 Å². The predicted molar refractivity (Wildman–Crippen MR) is 105 cm³/mol. The molecule has 1 aliphatic rings. The lowest BCUT2D eigenvalue weighted by Crippen LogP contribution is -2.59. The molecular formula is C21H25FN4O2. The molecule has 1 saturated heterocycles. The van der Waals surface area contributed by atoms with Crippen molar-refractivity contribution >= 4 is 11.8 Å². The lowest BCUT2D eigenvalue weighted by atomic mass is 10.2. The molecule has 6 nitrogen and oxygen atoms in total. The Morgan fingerprint density at radius 3 is 2.32 bits per heavy atom. The van der Waals surface area contributed by atoms with E-state index in [2.05, 4.69) is 27.5 Å². The number of carbonyl (C=O) groups is 2. The van der Waals surface area contributed by atoms with Crippen molar-refractivity contribution < 1.29 is 14.0 Å². The van der Waals surface area contributed by atoms with Gasteiger partial charge in [0.25, 0.3) is 11.8 Å². The molecule has 1 atom stereocenters. The number of hydrogen-bond acceptors (Lipinski definition) is 4. The highest BCUT2D eigenvalue weighted by molar-refractivity contribution is 5.95. The number of rotatable bonds is 6. The lowest BCUT2D eigenvalue weighted by Gasteiger charge is -2.38. The van der Waals surface area contributed by atoms with Crippen molar-refractivity contribution in [3.05, 3.63) is 71.5 Å². The molecule has 28 heavy (non-hydrogen) atoms.